The van der Waals surface area contributed by atoms with Crippen LogP contribution in [0.4, 0.5) is 0 Å². The number of rotatable bonds is 3. The van der Waals surface area contributed by atoms with Gasteiger partial charge in [0.25, 0.3) is 0 Å². The number of aryl methyl sites for hydroxylation is 1. The summed E-state index contributed by atoms with van der Waals surface area (Å²) in [5.74, 6) is 0. The predicted molar refractivity (Wildman–Crippen MR) is 75.5 cm³/mol. The molecule has 19 heavy (non-hydrogen) atoms. The van der Waals surface area contributed by atoms with Crippen molar-refractivity contribution in [3.63, 3.8) is 0 Å². The van der Waals surface area contributed by atoms with Gasteiger partial charge in [0.05, 0.1) is 24.3 Å². The molecule has 0 spiro atoms. The first-order chi connectivity index (χ1) is 9.21. The second-order valence-corrected chi connectivity index (χ2v) is 4.85. The van der Waals surface area contributed by atoms with Crippen LogP contribution in [-0.4, -0.2) is 45.1 Å². The van der Waals surface area contributed by atoms with Crippen LogP contribution >= 0.6 is 0 Å². The predicted octanol–water partition coefficient (Wildman–Crippen LogP) is 1.56. The van der Waals surface area contributed by atoms with Crippen molar-refractivity contribution in [2.45, 2.75) is 13.8 Å². The molecule has 0 N–H and O–H groups in total. The molecule has 2 aliphatic heterocycles. The molecule has 100 valence electrons. The van der Waals surface area contributed by atoms with E-state index < -0.39 is 0 Å². The van der Waals surface area contributed by atoms with E-state index in [1.54, 1.807) is 0 Å². The minimum absolute atomic E-state index is 0.943. The molecule has 0 aliphatic carbocycles. The third-order valence-electron chi connectivity index (χ3n) is 3.56. The standard InChI is InChI=1S/C14H19N5/c1-4-18-9-13-14(19(5-2)10-18)6-12(16-13)11-7-15-17(3)8-11/h6-9H,4-5,10H2,1-3H3. The molecule has 1 aromatic rings. The Labute approximate surface area is 113 Å². The third kappa shape index (κ3) is 2.05. The third-order valence-corrected chi connectivity index (χ3v) is 3.56. The van der Waals surface area contributed by atoms with Gasteiger partial charge in [0.15, 0.2) is 0 Å². The van der Waals surface area contributed by atoms with E-state index in [2.05, 4.69) is 41.0 Å². The summed E-state index contributed by atoms with van der Waals surface area (Å²) in [5.41, 5.74) is 4.37. The summed E-state index contributed by atoms with van der Waals surface area (Å²) in [4.78, 5) is 9.37. The highest BCUT2D eigenvalue weighted by atomic mass is 15.3. The van der Waals surface area contributed by atoms with Crippen LogP contribution in [0.3, 0.4) is 0 Å². The van der Waals surface area contributed by atoms with E-state index in [9.17, 15) is 0 Å². The molecule has 0 saturated heterocycles. The van der Waals surface area contributed by atoms with Crippen molar-refractivity contribution in [1.82, 2.24) is 19.6 Å². The van der Waals surface area contributed by atoms with Gasteiger partial charge < -0.3 is 9.80 Å². The summed E-state index contributed by atoms with van der Waals surface area (Å²) in [5, 5.41) is 4.21. The zero-order valence-corrected chi connectivity index (χ0v) is 11.7. The summed E-state index contributed by atoms with van der Waals surface area (Å²) in [6.45, 7) is 7.29. The van der Waals surface area contributed by atoms with Gasteiger partial charge in [0, 0.05) is 38.1 Å². The van der Waals surface area contributed by atoms with Crippen LogP contribution in [0.2, 0.25) is 0 Å². The lowest BCUT2D eigenvalue weighted by Gasteiger charge is -2.35. The molecule has 0 amide bonds. The molecule has 2 aliphatic rings. The molecule has 0 aromatic carbocycles. The molecule has 0 atom stereocenters. The summed E-state index contributed by atoms with van der Waals surface area (Å²) in [7, 11) is 1.93. The van der Waals surface area contributed by atoms with Gasteiger partial charge >= 0.3 is 0 Å². The van der Waals surface area contributed by atoms with Gasteiger partial charge in [-0.1, -0.05) is 0 Å². The molecule has 0 radical (unpaired) electrons. The van der Waals surface area contributed by atoms with Crippen LogP contribution in [0.5, 0.6) is 0 Å². The molecular formula is C14H19N5. The van der Waals surface area contributed by atoms with Crippen LogP contribution in [0.15, 0.2) is 41.1 Å². The molecule has 0 fully saturated rings. The first-order valence-corrected chi connectivity index (χ1v) is 6.72. The molecular weight excluding hydrogens is 238 g/mol. The quantitative estimate of drug-likeness (QED) is 0.824. The van der Waals surface area contributed by atoms with Gasteiger partial charge in [-0.15, -0.1) is 0 Å². The van der Waals surface area contributed by atoms with Crippen molar-refractivity contribution in [2.24, 2.45) is 12.0 Å². The Bertz CT molecular complexity index is 578. The van der Waals surface area contributed by atoms with E-state index in [-0.39, 0.29) is 0 Å². The lowest BCUT2D eigenvalue weighted by Crippen LogP contribution is -2.38. The van der Waals surface area contributed by atoms with Gasteiger partial charge in [-0.05, 0) is 19.9 Å². The molecule has 5 heteroatoms. The molecule has 3 rings (SSSR count). The van der Waals surface area contributed by atoms with Crippen molar-refractivity contribution in [3.05, 3.63) is 41.6 Å². The Morgan fingerprint density at radius 3 is 2.74 bits per heavy atom. The second kappa shape index (κ2) is 4.57. The summed E-state index contributed by atoms with van der Waals surface area (Å²) in [6, 6.07) is 0. The zero-order valence-electron chi connectivity index (χ0n) is 11.7. The maximum absolute atomic E-state index is 4.74. The molecule has 0 bridgehead atoms. The van der Waals surface area contributed by atoms with Gasteiger partial charge in [0.1, 0.15) is 5.70 Å². The number of aromatic nitrogens is 2. The van der Waals surface area contributed by atoms with E-state index in [0.717, 1.165) is 36.7 Å². The average molecular weight is 257 g/mol. The van der Waals surface area contributed by atoms with Gasteiger partial charge in [0.2, 0.25) is 0 Å². The second-order valence-electron chi connectivity index (χ2n) is 4.85. The van der Waals surface area contributed by atoms with Crippen LogP contribution in [0, 0.1) is 0 Å². The van der Waals surface area contributed by atoms with Crippen LogP contribution in [0.25, 0.3) is 0 Å². The molecule has 1 aromatic heterocycles. The Morgan fingerprint density at radius 2 is 2.11 bits per heavy atom. The smallest absolute Gasteiger partial charge is 0.103 e. The fourth-order valence-corrected chi connectivity index (χ4v) is 2.44. The number of likely N-dealkylation sites (N-methyl/N-ethyl adjacent to an activating group) is 1. The van der Waals surface area contributed by atoms with Crippen LogP contribution < -0.4 is 0 Å². The summed E-state index contributed by atoms with van der Waals surface area (Å²) >= 11 is 0. The van der Waals surface area contributed by atoms with E-state index in [0.29, 0.717) is 0 Å². The lowest BCUT2D eigenvalue weighted by atomic mass is 10.2. The monoisotopic (exact) mass is 257 g/mol. The van der Waals surface area contributed by atoms with Crippen molar-refractivity contribution in [2.75, 3.05) is 19.8 Å². The number of allylic oxidation sites excluding steroid dienone is 1. The van der Waals surface area contributed by atoms with E-state index >= 15 is 0 Å². The normalized spacial score (nSPS) is 18.2. The van der Waals surface area contributed by atoms with Gasteiger partial charge in [-0.2, -0.15) is 5.10 Å². The van der Waals surface area contributed by atoms with E-state index in [1.807, 2.05) is 24.1 Å². The minimum atomic E-state index is 0.943. The van der Waals surface area contributed by atoms with Crippen LogP contribution in [0.1, 0.15) is 19.4 Å². The number of nitrogens with zero attached hydrogens (tertiary/aromatic N) is 5. The van der Waals surface area contributed by atoms with Crippen LogP contribution in [-0.2, 0) is 7.05 Å². The molecule has 0 unspecified atom stereocenters. The average Bonchev–Trinajstić information content (AvgIpc) is 3.02. The van der Waals surface area contributed by atoms with Crippen molar-refractivity contribution < 1.29 is 0 Å². The highest BCUT2D eigenvalue weighted by Crippen LogP contribution is 2.29. The summed E-state index contributed by atoms with van der Waals surface area (Å²) < 4.78 is 1.81. The van der Waals surface area contributed by atoms with E-state index in [4.69, 9.17) is 4.99 Å². The number of fused-ring (bicyclic) bond motifs is 1. The van der Waals surface area contributed by atoms with Crippen molar-refractivity contribution in [1.29, 1.82) is 0 Å². The fraction of sp³-hybridized carbons (Fsp3) is 0.429. The van der Waals surface area contributed by atoms with Gasteiger partial charge in [-0.25, -0.2) is 4.99 Å². The lowest BCUT2D eigenvalue weighted by molar-refractivity contribution is 0.210. The largest absolute Gasteiger partial charge is 0.358 e. The topological polar surface area (TPSA) is 36.7 Å². The first kappa shape index (κ1) is 12.0. The van der Waals surface area contributed by atoms with E-state index in [1.165, 1.54) is 5.70 Å². The number of hydrogen-bond donors (Lipinski definition) is 0. The Balaban J connectivity index is 1.97. The maximum atomic E-state index is 4.74. The SMILES string of the molecule is CCN1C=C2N=C(c3cnn(C)c3)C=C2N(CC)C1. The van der Waals surface area contributed by atoms with Crippen molar-refractivity contribution in [3.8, 4) is 0 Å². The summed E-state index contributed by atoms with van der Waals surface area (Å²) in [6.07, 6.45) is 8.18. The number of hydrogen-bond acceptors (Lipinski definition) is 4. The Morgan fingerprint density at radius 1 is 1.26 bits per heavy atom. The van der Waals surface area contributed by atoms with Gasteiger partial charge in [-0.3, -0.25) is 4.68 Å². The van der Waals surface area contributed by atoms with Crippen molar-refractivity contribution >= 4 is 5.71 Å². The first-order valence-electron chi connectivity index (χ1n) is 6.72. The molecule has 5 nitrogen and oxygen atoms in total. The zero-order chi connectivity index (χ0) is 13.4. The highest BCUT2D eigenvalue weighted by molar-refractivity contribution is 6.11. The number of aliphatic imine (C=N–C) groups is 1. The maximum Gasteiger partial charge on any atom is 0.103 e. The fourth-order valence-electron chi connectivity index (χ4n) is 2.44. The molecule has 3 heterocycles. The Hall–Kier alpha value is -2.04. The minimum Gasteiger partial charge on any atom is -0.358 e. The molecule has 0 saturated carbocycles. The highest BCUT2D eigenvalue weighted by Gasteiger charge is 2.25. The Kier molecular flexibility index (Phi) is 2.89.